The standard InChI is InChI=1S/C20H26F3N5O/c1-18(2)8-12(9-19(3,4)27-18)25-17(29)13-10-24-28-15(20(21,22)23)7-14(11-5-6-11)26-16(13)28/h7,10-12,27H,5-6,8-9H2,1-4H3,(H,25,29). The Balaban J connectivity index is 1.67. The molecule has 1 saturated carbocycles. The van der Waals surface area contributed by atoms with E-state index in [2.05, 4.69) is 48.4 Å². The Labute approximate surface area is 167 Å². The van der Waals surface area contributed by atoms with E-state index in [4.69, 9.17) is 0 Å². The highest BCUT2D eigenvalue weighted by Crippen LogP contribution is 2.41. The summed E-state index contributed by atoms with van der Waals surface area (Å²) >= 11 is 0. The van der Waals surface area contributed by atoms with E-state index in [0.717, 1.165) is 36.3 Å². The Hall–Kier alpha value is -2.16. The first kappa shape index (κ1) is 20.1. The van der Waals surface area contributed by atoms with Gasteiger partial charge in [-0.15, -0.1) is 0 Å². The predicted molar refractivity (Wildman–Crippen MR) is 102 cm³/mol. The van der Waals surface area contributed by atoms with Gasteiger partial charge in [-0.3, -0.25) is 4.79 Å². The van der Waals surface area contributed by atoms with E-state index in [9.17, 15) is 18.0 Å². The van der Waals surface area contributed by atoms with Gasteiger partial charge in [0.05, 0.1) is 6.20 Å². The van der Waals surface area contributed by atoms with Gasteiger partial charge < -0.3 is 10.6 Å². The summed E-state index contributed by atoms with van der Waals surface area (Å²) in [4.78, 5) is 17.3. The highest BCUT2D eigenvalue weighted by atomic mass is 19.4. The van der Waals surface area contributed by atoms with Crippen molar-refractivity contribution in [3.8, 4) is 0 Å². The van der Waals surface area contributed by atoms with Crippen molar-refractivity contribution in [2.24, 2.45) is 0 Å². The lowest BCUT2D eigenvalue weighted by Gasteiger charge is -2.46. The molecule has 29 heavy (non-hydrogen) atoms. The number of carbonyl (C=O) groups is 1. The number of halogens is 3. The third-order valence-corrected chi connectivity index (χ3v) is 5.55. The molecular weight excluding hydrogens is 383 g/mol. The van der Waals surface area contributed by atoms with Crippen molar-refractivity contribution in [3.05, 3.63) is 29.2 Å². The number of amides is 1. The second-order valence-electron chi connectivity index (χ2n) is 9.60. The molecule has 1 aliphatic heterocycles. The normalized spacial score (nSPS) is 22.0. The zero-order chi connectivity index (χ0) is 21.2. The van der Waals surface area contributed by atoms with E-state index >= 15 is 0 Å². The van der Waals surface area contributed by atoms with Crippen LogP contribution in [0.15, 0.2) is 12.3 Å². The summed E-state index contributed by atoms with van der Waals surface area (Å²) < 4.78 is 41.4. The first-order chi connectivity index (χ1) is 13.3. The van der Waals surface area contributed by atoms with Crippen LogP contribution in [0.25, 0.3) is 5.65 Å². The third kappa shape index (κ3) is 4.10. The summed E-state index contributed by atoms with van der Waals surface area (Å²) in [5.74, 6) is -0.412. The van der Waals surface area contributed by atoms with Gasteiger partial charge in [-0.2, -0.15) is 18.3 Å². The van der Waals surface area contributed by atoms with Gasteiger partial charge in [-0.05, 0) is 59.4 Å². The molecular formula is C20H26F3N5O. The molecule has 1 saturated heterocycles. The molecule has 9 heteroatoms. The van der Waals surface area contributed by atoms with Crippen LogP contribution in [-0.4, -0.2) is 37.6 Å². The number of nitrogens with zero attached hydrogens (tertiary/aromatic N) is 3. The molecule has 158 valence electrons. The first-order valence-corrected chi connectivity index (χ1v) is 9.91. The molecule has 6 nitrogen and oxygen atoms in total. The van der Waals surface area contributed by atoms with Crippen LogP contribution in [0.1, 0.15) is 81.0 Å². The minimum absolute atomic E-state index is 0.0259. The summed E-state index contributed by atoms with van der Waals surface area (Å²) in [6.45, 7) is 8.28. The maximum absolute atomic E-state index is 13.5. The SMILES string of the molecule is CC1(C)CC(NC(=O)c2cnn3c(C(F)(F)F)cc(C4CC4)nc23)CC(C)(C)N1. The predicted octanol–water partition coefficient (Wildman–Crippen LogP) is 3.66. The Morgan fingerprint density at radius 3 is 2.38 bits per heavy atom. The highest BCUT2D eigenvalue weighted by Gasteiger charge is 2.40. The zero-order valence-electron chi connectivity index (χ0n) is 17.0. The molecule has 0 atom stereocenters. The van der Waals surface area contributed by atoms with Crippen molar-refractivity contribution in [1.82, 2.24) is 25.2 Å². The van der Waals surface area contributed by atoms with Crippen LogP contribution < -0.4 is 10.6 Å². The summed E-state index contributed by atoms with van der Waals surface area (Å²) in [6, 6.07) is 0.953. The van der Waals surface area contributed by atoms with Gasteiger partial charge >= 0.3 is 6.18 Å². The van der Waals surface area contributed by atoms with Crippen LogP contribution in [-0.2, 0) is 6.18 Å². The van der Waals surface area contributed by atoms with Crippen LogP contribution in [0.3, 0.4) is 0 Å². The monoisotopic (exact) mass is 409 g/mol. The van der Waals surface area contributed by atoms with Crippen LogP contribution in [0, 0.1) is 0 Å². The lowest BCUT2D eigenvalue weighted by atomic mass is 9.79. The molecule has 2 aromatic rings. The second kappa shape index (κ2) is 6.42. The average molecular weight is 409 g/mol. The number of carbonyl (C=O) groups excluding carboxylic acids is 1. The number of nitrogens with one attached hydrogen (secondary N) is 2. The van der Waals surface area contributed by atoms with E-state index < -0.39 is 17.8 Å². The molecule has 0 aromatic carbocycles. The fourth-order valence-electron chi connectivity index (χ4n) is 4.62. The van der Waals surface area contributed by atoms with E-state index in [-0.39, 0.29) is 34.2 Å². The van der Waals surface area contributed by atoms with E-state index in [0.29, 0.717) is 5.69 Å². The fraction of sp³-hybridized carbons (Fsp3) is 0.650. The maximum atomic E-state index is 13.5. The molecule has 2 aliphatic rings. The van der Waals surface area contributed by atoms with Crippen LogP contribution in [0.2, 0.25) is 0 Å². The molecule has 2 N–H and O–H groups in total. The molecule has 1 aliphatic carbocycles. The van der Waals surface area contributed by atoms with Crippen molar-refractivity contribution < 1.29 is 18.0 Å². The number of rotatable bonds is 3. The van der Waals surface area contributed by atoms with Gasteiger partial charge in [0.25, 0.3) is 5.91 Å². The van der Waals surface area contributed by atoms with Crippen molar-refractivity contribution in [2.45, 2.75) is 82.6 Å². The van der Waals surface area contributed by atoms with Gasteiger partial charge in [0, 0.05) is 28.7 Å². The van der Waals surface area contributed by atoms with Gasteiger partial charge in [0.2, 0.25) is 0 Å². The Morgan fingerprint density at radius 2 is 1.83 bits per heavy atom. The van der Waals surface area contributed by atoms with Crippen molar-refractivity contribution >= 4 is 11.6 Å². The van der Waals surface area contributed by atoms with Crippen LogP contribution in [0.4, 0.5) is 13.2 Å². The van der Waals surface area contributed by atoms with Gasteiger partial charge in [0.1, 0.15) is 11.3 Å². The zero-order valence-corrected chi connectivity index (χ0v) is 17.0. The summed E-state index contributed by atoms with van der Waals surface area (Å²) in [7, 11) is 0. The topological polar surface area (TPSA) is 71.3 Å². The molecule has 0 unspecified atom stereocenters. The minimum atomic E-state index is -4.58. The first-order valence-electron chi connectivity index (χ1n) is 9.91. The molecule has 2 fully saturated rings. The summed E-state index contributed by atoms with van der Waals surface area (Å²) in [5.41, 5.74) is -0.807. The van der Waals surface area contributed by atoms with Crippen molar-refractivity contribution in [3.63, 3.8) is 0 Å². The Morgan fingerprint density at radius 1 is 1.21 bits per heavy atom. The molecule has 4 rings (SSSR count). The average Bonchev–Trinajstić information content (AvgIpc) is 3.29. The number of aromatic nitrogens is 3. The molecule has 2 aromatic heterocycles. The highest BCUT2D eigenvalue weighted by molar-refractivity contribution is 5.99. The Bertz CT molecular complexity index is 943. The molecule has 1 amide bonds. The van der Waals surface area contributed by atoms with E-state index in [1.165, 1.54) is 6.20 Å². The van der Waals surface area contributed by atoms with Gasteiger partial charge in [-0.1, -0.05) is 0 Å². The maximum Gasteiger partial charge on any atom is 0.433 e. The molecule has 0 bridgehead atoms. The van der Waals surface area contributed by atoms with Crippen molar-refractivity contribution in [2.75, 3.05) is 0 Å². The lowest BCUT2D eigenvalue weighted by Crippen LogP contribution is -2.62. The van der Waals surface area contributed by atoms with E-state index in [1.54, 1.807) is 0 Å². The number of alkyl halides is 3. The van der Waals surface area contributed by atoms with Gasteiger partial charge in [0.15, 0.2) is 5.65 Å². The van der Waals surface area contributed by atoms with Gasteiger partial charge in [-0.25, -0.2) is 9.50 Å². The number of hydrogen-bond donors (Lipinski definition) is 2. The van der Waals surface area contributed by atoms with Crippen LogP contribution >= 0.6 is 0 Å². The number of fused-ring (bicyclic) bond motifs is 1. The second-order valence-corrected chi connectivity index (χ2v) is 9.60. The minimum Gasteiger partial charge on any atom is -0.349 e. The number of hydrogen-bond acceptors (Lipinski definition) is 4. The third-order valence-electron chi connectivity index (χ3n) is 5.55. The molecule has 0 radical (unpaired) electrons. The smallest absolute Gasteiger partial charge is 0.349 e. The van der Waals surface area contributed by atoms with Crippen LogP contribution in [0.5, 0.6) is 0 Å². The Kier molecular flexibility index (Phi) is 4.45. The molecule has 3 heterocycles. The van der Waals surface area contributed by atoms with Crippen molar-refractivity contribution in [1.29, 1.82) is 0 Å². The number of piperidine rings is 1. The van der Waals surface area contributed by atoms with E-state index in [1.807, 2.05) is 0 Å². The largest absolute Gasteiger partial charge is 0.433 e. The summed E-state index contributed by atoms with van der Waals surface area (Å²) in [6.07, 6.45) is -0.328. The molecule has 0 spiro atoms. The summed E-state index contributed by atoms with van der Waals surface area (Å²) in [5, 5.41) is 10.4. The quantitative estimate of drug-likeness (QED) is 0.812. The fourth-order valence-corrected chi connectivity index (χ4v) is 4.62. The lowest BCUT2D eigenvalue weighted by molar-refractivity contribution is -0.142.